The van der Waals surface area contributed by atoms with Gasteiger partial charge in [0.25, 0.3) is 0 Å². The molecule has 3 fully saturated rings. The molecule has 0 aromatic rings. The molecule has 5 atom stereocenters. The summed E-state index contributed by atoms with van der Waals surface area (Å²) in [5.74, 6) is 0.516. The van der Waals surface area contributed by atoms with Crippen LogP contribution in [0, 0.1) is 0 Å². The maximum atomic E-state index is 9.60. The first kappa shape index (κ1) is 11.9. The van der Waals surface area contributed by atoms with Gasteiger partial charge in [0.05, 0.1) is 43.2 Å². The minimum Gasteiger partial charge on any atom is -0.390 e. The highest BCUT2D eigenvalue weighted by molar-refractivity contribution is 7.99. The molecule has 3 aliphatic heterocycles. The van der Waals surface area contributed by atoms with Crippen molar-refractivity contribution in [2.75, 3.05) is 32.4 Å². The van der Waals surface area contributed by atoms with E-state index in [1.807, 2.05) is 0 Å². The number of hydrogen-bond acceptors (Lipinski definition) is 6. The van der Waals surface area contributed by atoms with Gasteiger partial charge in [-0.05, 0) is 13.3 Å². The highest BCUT2D eigenvalue weighted by atomic mass is 32.2. The van der Waals surface area contributed by atoms with E-state index < -0.39 is 11.7 Å². The summed E-state index contributed by atoms with van der Waals surface area (Å²) >= 11 is 1.64. The standard InChI is InChI=1S/C12H20O5S/c1-12-6-16-10(5-17-12)11(12)18-7-14-4-9-8(13)2-3-15-9/h8-11,13H,2-7H2,1H3/t8-,9+,10-,11-,12-/m0/s1/i1D. The van der Waals surface area contributed by atoms with Crippen LogP contribution in [0.5, 0.6) is 0 Å². The Morgan fingerprint density at radius 3 is 3.17 bits per heavy atom. The molecule has 2 bridgehead atoms. The van der Waals surface area contributed by atoms with E-state index in [9.17, 15) is 5.11 Å². The van der Waals surface area contributed by atoms with Crippen LogP contribution in [0.3, 0.4) is 0 Å². The zero-order valence-corrected chi connectivity index (χ0v) is 11.1. The monoisotopic (exact) mass is 277 g/mol. The van der Waals surface area contributed by atoms with Crippen LogP contribution in [0.1, 0.15) is 14.7 Å². The Balaban J connectivity index is 1.41. The van der Waals surface area contributed by atoms with E-state index in [1.165, 1.54) is 0 Å². The predicted molar refractivity (Wildman–Crippen MR) is 66.7 cm³/mol. The summed E-state index contributed by atoms with van der Waals surface area (Å²) in [6, 6.07) is 0. The molecule has 3 rings (SSSR count). The van der Waals surface area contributed by atoms with Crippen molar-refractivity contribution in [3.05, 3.63) is 0 Å². The molecule has 0 radical (unpaired) electrons. The van der Waals surface area contributed by atoms with Gasteiger partial charge < -0.3 is 24.1 Å². The molecule has 5 nitrogen and oxygen atoms in total. The van der Waals surface area contributed by atoms with Gasteiger partial charge >= 0.3 is 0 Å². The summed E-state index contributed by atoms with van der Waals surface area (Å²) < 4.78 is 29.9. The zero-order valence-electron chi connectivity index (χ0n) is 11.2. The molecule has 18 heavy (non-hydrogen) atoms. The first-order valence-corrected chi connectivity index (χ1v) is 7.34. The zero-order chi connectivity index (χ0) is 13.3. The van der Waals surface area contributed by atoms with Crippen LogP contribution in [0.25, 0.3) is 0 Å². The average Bonchev–Trinajstić information content (AvgIpc) is 3.09. The van der Waals surface area contributed by atoms with Gasteiger partial charge in [0.15, 0.2) is 0 Å². The van der Waals surface area contributed by atoms with E-state index >= 15 is 0 Å². The maximum absolute atomic E-state index is 9.60. The van der Waals surface area contributed by atoms with Crippen molar-refractivity contribution >= 4 is 11.8 Å². The lowest BCUT2D eigenvalue weighted by molar-refractivity contribution is -0.0848. The van der Waals surface area contributed by atoms with Crippen LogP contribution in [0.15, 0.2) is 0 Å². The SMILES string of the molecule is [2H]C[C@@]12CO[C@@H](CO1)[C@@H]2SCOC[C@H]1OCC[C@@H]1O. The van der Waals surface area contributed by atoms with Crippen molar-refractivity contribution in [1.82, 2.24) is 0 Å². The second kappa shape index (κ2) is 5.26. The van der Waals surface area contributed by atoms with Crippen LogP contribution in [-0.2, 0) is 18.9 Å². The van der Waals surface area contributed by atoms with E-state index in [-0.39, 0.29) is 24.4 Å². The predicted octanol–water partition coefficient (Wildman–Crippen LogP) is 0.400. The van der Waals surface area contributed by atoms with Gasteiger partial charge in [0, 0.05) is 7.98 Å². The molecule has 0 amide bonds. The first-order valence-electron chi connectivity index (χ1n) is 7.00. The normalized spacial score (nSPS) is 47.7. The number of thioether (sulfide) groups is 1. The fourth-order valence-electron chi connectivity index (χ4n) is 2.61. The third kappa shape index (κ3) is 2.42. The highest BCUT2D eigenvalue weighted by Gasteiger charge is 2.53. The third-order valence-corrected chi connectivity index (χ3v) is 5.12. The highest BCUT2D eigenvalue weighted by Crippen LogP contribution is 2.42. The topological polar surface area (TPSA) is 57.2 Å². The number of aliphatic hydroxyl groups is 1. The molecule has 0 aliphatic carbocycles. The molecule has 0 aromatic carbocycles. The molecule has 6 heteroatoms. The molecule has 0 unspecified atom stereocenters. The van der Waals surface area contributed by atoms with E-state index in [4.69, 9.17) is 20.3 Å². The first-order chi connectivity index (χ1) is 9.25. The van der Waals surface area contributed by atoms with Crippen molar-refractivity contribution in [2.45, 2.75) is 42.5 Å². The molecular formula is C12H20O5S. The summed E-state index contributed by atoms with van der Waals surface area (Å²) in [4.78, 5) is 0. The van der Waals surface area contributed by atoms with Gasteiger partial charge in [-0.25, -0.2) is 0 Å². The minimum absolute atomic E-state index is 0.0901. The lowest BCUT2D eigenvalue weighted by Crippen LogP contribution is -2.35. The Bertz CT molecular complexity index is 310. The van der Waals surface area contributed by atoms with Crippen molar-refractivity contribution in [2.24, 2.45) is 0 Å². The number of ether oxygens (including phenoxy) is 4. The maximum Gasteiger partial charge on any atom is 0.107 e. The number of rotatable bonds is 5. The lowest BCUT2D eigenvalue weighted by Gasteiger charge is -2.24. The Kier molecular flexibility index (Phi) is 3.49. The summed E-state index contributed by atoms with van der Waals surface area (Å²) in [5.41, 5.74) is -0.442. The quantitative estimate of drug-likeness (QED) is 0.580. The Morgan fingerprint density at radius 1 is 1.56 bits per heavy atom. The molecule has 3 heterocycles. The smallest absolute Gasteiger partial charge is 0.107 e. The van der Waals surface area contributed by atoms with Crippen LogP contribution in [0.4, 0.5) is 0 Å². The van der Waals surface area contributed by atoms with Crippen molar-refractivity contribution in [1.29, 1.82) is 0 Å². The molecule has 0 saturated carbocycles. The summed E-state index contributed by atoms with van der Waals surface area (Å²) in [6.07, 6.45) is 0.180. The van der Waals surface area contributed by atoms with Crippen molar-refractivity contribution < 1.29 is 25.4 Å². The van der Waals surface area contributed by atoms with Crippen LogP contribution >= 0.6 is 11.8 Å². The molecule has 3 aliphatic rings. The molecule has 0 aromatic heterocycles. The summed E-state index contributed by atoms with van der Waals surface area (Å²) in [6.45, 7) is 2.35. The molecule has 1 N–H and O–H groups in total. The Labute approximate surface area is 113 Å². The van der Waals surface area contributed by atoms with E-state index in [2.05, 4.69) is 0 Å². The molecule has 104 valence electrons. The van der Waals surface area contributed by atoms with Gasteiger partial charge in [0.2, 0.25) is 0 Å². The minimum atomic E-state index is -0.442. The van der Waals surface area contributed by atoms with E-state index in [0.29, 0.717) is 38.8 Å². The second-order valence-corrected chi connectivity index (χ2v) is 6.14. The Hall–Kier alpha value is 0.150. The van der Waals surface area contributed by atoms with Crippen molar-refractivity contribution in [3.8, 4) is 0 Å². The van der Waals surface area contributed by atoms with Crippen LogP contribution < -0.4 is 0 Å². The van der Waals surface area contributed by atoms with Gasteiger partial charge in [-0.1, -0.05) is 0 Å². The van der Waals surface area contributed by atoms with Crippen LogP contribution in [-0.4, -0.2) is 66.6 Å². The third-order valence-electron chi connectivity index (χ3n) is 3.72. The van der Waals surface area contributed by atoms with Gasteiger partial charge in [-0.15, -0.1) is 11.8 Å². The summed E-state index contributed by atoms with van der Waals surface area (Å²) in [7, 11) is 0. The Morgan fingerprint density at radius 2 is 2.50 bits per heavy atom. The lowest BCUT2D eigenvalue weighted by atomic mass is 10.1. The number of hydrogen-bond donors (Lipinski definition) is 1. The van der Waals surface area contributed by atoms with Gasteiger partial charge in [-0.3, -0.25) is 0 Å². The van der Waals surface area contributed by atoms with E-state index in [0.717, 1.165) is 0 Å². The fraction of sp³-hybridized carbons (Fsp3) is 1.00. The van der Waals surface area contributed by atoms with Gasteiger partial charge in [-0.2, -0.15) is 0 Å². The number of fused-ring (bicyclic) bond motifs is 2. The fourth-order valence-corrected chi connectivity index (χ4v) is 3.76. The molecule has 0 spiro atoms. The van der Waals surface area contributed by atoms with Crippen molar-refractivity contribution in [3.63, 3.8) is 0 Å². The van der Waals surface area contributed by atoms with Crippen LogP contribution in [0.2, 0.25) is 0 Å². The summed E-state index contributed by atoms with van der Waals surface area (Å²) in [5, 5.41) is 9.78. The van der Waals surface area contributed by atoms with E-state index in [1.54, 1.807) is 11.8 Å². The molecular weight excluding hydrogens is 256 g/mol. The average molecular weight is 277 g/mol. The largest absolute Gasteiger partial charge is 0.390 e. The van der Waals surface area contributed by atoms with Gasteiger partial charge in [0.1, 0.15) is 11.7 Å². The number of aliphatic hydroxyl groups excluding tert-OH is 1. The molecule has 3 saturated heterocycles. The second-order valence-electron chi connectivity index (χ2n) is 5.07.